The highest BCUT2D eigenvalue weighted by Gasteiger charge is 2.10. The van der Waals surface area contributed by atoms with E-state index in [4.69, 9.17) is 21.6 Å². The summed E-state index contributed by atoms with van der Waals surface area (Å²) in [6.45, 7) is 3.69. The number of benzene rings is 2. The van der Waals surface area contributed by atoms with Crippen LogP contribution < -0.4 is 4.74 Å². The maximum absolute atomic E-state index is 11.6. The molecule has 21 heavy (non-hydrogen) atoms. The molecule has 2 rings (SSSR count). The van der Waals surface area contributed by atoms with Gasteiger partial charge < -0.3 is 4.74 Å². The van der Waals surface area contributed by atoms with Crippen LogP contribution in [0.15, 0.2) is 36.4 Å². The number of carbonyl (C=O) groups is 1. The molecule has 0 bridgehead atoms. The first-order valence-corrected chi connectivity index (χ1v) is 6.82. The van der Waals surface area contributed by atoms with Crippen LogP contribution in [-0.4, -0.2) is 5.78 Å². The third-order valence-electron chi connectivity index (χ3n) is 3.08. The summed E-state index contributed by atoms with van der Waals surface area (Å²) < 4.78 is 5.73. The van der Waals surface area contributed by atoms with E-state index in [1.165, 1.54) is 6.92 Å². The second-order valence-electron chi connectivity index (χ2n) is 4.76. The Hall–Kier alpha value is -2.31. The SMILES string of the molecule is CC(=O)c1ccc(C)cc1OCc1ccc(C#N)cc1Cl. The summed E-state index contributed by atoms with van der Waals surface area (Å²) in [7, 11) is 0. The van der Waals surface area contributed by atoms with Crippen LogP contribution in [0.4, 0.5) is 0 Å². The molecule has 0 atom stereocenters. The molecule has 0 heterocycles. The van der Waals surface area contributed by atoms with Crippen LogP contribution in [0.1, 0.15) is 34.0 Å². The van der Waals surface area contributed by atoms with Crippen LogP contribution >= 0.6 is 11.6 Å². The van der Waals surface area contributed by atoms with Crippen molar-refractivity contribution in [3.63, 3.8) is 0 Å². The van der Waals surface area contributed by atoms with Gasteiger partial charge >= 0.3 is 0 Å². The Balaban J connectivity index is 2.22. The number of ether oxygens (including phenoxy) is 1. The lowest BCUT2D eigenvalue weighted by molar-refractivity contribution is 0.101. The van der Waals surface area contributed by atoms with Crippen LogP contribution in [0.3, 0.4) is 0 Å². The number of Topliss-reactive ketones (excluding diaryl/α,β-unsaturated/α-hetero) is 1. The highest BCUT2D eigenvalue weighted by atomic mass is 35.5. The summed E-state index contributed by atoms with van der Waals surface area (Å²) in [6.07, 6.45) is 0. The second kappa shape index (κ2) is 6.43. The lowest BCUT2D eigenvalue weighted by Gasteiger charge is -2.11. The number of nitrogens with zero attached hydrogens (tertiary/aromatic N) is 1. The monoisotopic (exact) mass is 299 g/mol. The van der Waals surface area contributed by atoms with Gasteiger partial charge in [-0.1, -0.05) is 23.7 Å². The van der Waals surface area contributed by atoms with Crippen molar-refractivity contribution in [2.45, 2.75) is 20.5 Å². The molecule has 0 radical (unpaired) electrons. The average molecular weight is 300 g/mol. The number of nitriles is 1. The first-order valence-electron chi connectivity index (χ1n) is 6.44. The fourth-order valence-corrected chi connectivity index (χ4v) is 2.16. The van der Waals surface area contributed by atoms with Gasteiger partial charge in [-0.3, -0.25) is 4.79 Å². The molecule has 0 saturated heterocycles. The van der Waals surface area contributed by atoms with Crippen molar-refractivity contribution < 1.29 is 9.53 Å². The molecule has 3 nitrogen and oxygen atoms in total. The van der Waals surface area contributed by atoms with Gasteiger partial charge in [0.1, 0.15) is 12.4 Å². The smallest absolute Gasteiger partial charge is 0.163 e. The number of aryl methyl sites for hydroxylation is 1. The third kappa shape index (κ3) is 3.62. The van der Waals surface area contributed by atoms with E-state index < -0.39 is 0 Å². The zero-order valence-corrected chi connectivity index (χ0v) is 12.6. The molecule has 0 aromatic heterocycles. The average Bonchev–Trinajstić information content (AvgIpc) is 2.45. The van der Waals surface area contributed by atoms with E-state index in [1.54, 1.807) is 24.3 Å². The molecule has 4 heteroatoms. The van der Waals surface area contributed by atoms with Crippen LogP contribution in [0, 0.1) is 18.3 Å². The van der Waals surface area contributed by atoms with E-state index in [0.717, 1.165) is 11.1 Å². The van der Waals surface area contributed by atoms with Crippen LogP contribution in [0.2, 0.25) is 5.02 Å². The first-order chi connectivity index (χ1) is 10.0. The highest BCUT2D eigenvalue weighted by Crippen LogP contribution is 2.24. The molecule has 0 aliphatic heterocycles. The largest absolute Gasteiger partial charge is 0.488 e. The molecule has 0 spiro atoms. The Bertz CT molecular complexity index is 732. The van der Waals surface area contributed by atoms with Crippen molar-refractivity contribution >= 4 is 17.4 Å². The molecule has 0 saturated carbocycles. The number of hydrogen-bond acceptors (Lipinski definition) is 3. The second-order valence-corrected chi connectivity index (χ2v) is 5.17. The van der Waals surface area contributed by atoms with Crippen LogP contribution in [-0.2, 0) is 6.61 Å². The van der Waals surface area contributed by atoms with Crippen molar-refractivity contribution in [2.24, 2.45) is 0 Å². The number of ketones is 1. The van der Waals surface area contributed by atoms with E-state index in [1.807, 2.05) is 25.1 Å². The number of rotatable bonds is 4. The maximum Gasteiger partial charge on any atom is 0.163 e. The topological polar surface area (TPSA) is 50.1 Å². The minimum Gasteiger partial charge on any atom is -0.488 e. The Morgan fingerprint density at radius 2 is 2.05 bits per heavy atom. The van der Waals surface area contributed by atoms with Gasteiger partial charge in [-0.05, 0) is 43.7 Å². The lowest BCUT2D eigenvalue weighted by atomic mass is 10.1. The van der Waals surface area contributed by atoms with Crippen molar-refractivity contribution in [2.75, 3.05) is 0 Å². The molecular formula is C17H14ClNO2. The predicted molar refractivity (Wildman–Crippen MR) is 81.7 cm³/mol. The summed E-state index contributed by atoms with van der Waals surface area (Å²) in [5.74, 6) is 0.499. The third-order valence-corrected chi connectivity index (χ3v) is 3.43. The van der Waals surface area contributed by atoms with Crippen molar-refractivity contribution in [3.8, 4) is 11.8 Å². The van der Waals surface area contributed by atoms with Gasteiger partial charge in [0, 0.05) is 10.6 Å². The Morgan fingerprint density at radius 3 is 2.67 bits per heavy atom. The molecule has 2 aromatic rings. The normalized spacial score (nSPS) is 10.0. The molecule has 0 unspecified atom stereocenters. The molecule has 0 aliphatic carbocycles. The van der Waals surface area contributed by atoms with E-state index in [9.17, 15) is 4.79 Å². The van der Waals surface area contributed by atoms with Gasteiger partial charge in [0.25, 0.3) is 0 Å². The van der Waals surface area contributed by atoms with Crippen molar-refractivity contribution in [3.05, 3.63) is 63.7 Å². The molecule has 2 aromatic carbocycles. The lowest BCUT2D eigenvalue weighted by Crippen LogP contribution is -2.02. The summed E-state index contributed by atoms with van der Waals surface area (Å²) in [4.78, 5) is 11.6. The minimum atomic E-state index is -0.0454. The summed E-state index contributed by atoms with van der Waals surface area (Å²) in [6, 6.07) is 12.5. The highest BCUT2D eigenvalue weighted by molar-refractivity contribution is 6.31. The zero-order chi connectivity index (χ0) is 15.4. The maximum atomic E-state index is 11.6. The fraction of sp³-hybridized carbons (Fsp3) is 0.176. The van der Waals surface area contributed by atoms with Gasteiger partial charge in [-0.2, -0.15) is 5.26 Å². The van der Waals surface area contributed by atoms with Crippen molar-refractivity contribution in [1.82, 2.24) is 0 Å². The Kier molecular flexibility index (Phi) is 4.62. The van der Waals surface area contributed by atoms with Crippen LogP contribution in [0.25, 0.3) is 0 Å². The standard InChI is InChI=1S/C17H14ClNO2/c1-11-3-6-15(12(2)20)17(7-11)21-10-14-5-4-13(9-19)8-16(14)18/h3-8H,10H2,1-2H3. The van der Waals surface area contributed by atoms with E-state index >= 15 is 0 Å². The molecule has 0 fully saturated rings. The van der Waals surface area contributed by atoms with Gasteiger partial charge in [-0.15, -0.1) is 0 Å². The summed E-state index contributed by atoms with van der Waals surface area (Å²) in [5, 5.41) is 9.29. The summed E-state index contributed by atoms with van der Waals surface area (Å²) >= 11 is 6.11. The first kappa shape index (κ1) is 15.1. The quantitative estimate of drug-likeness (QED) is 0.791. The van der Waals surface area contributed by atoms with Gasteiger partial charge in [-0.25, -0.2) is 0 Å². The Labute approximate surface area is 128 Å². The fourth-order valence-electron chi connectivity index (χ4n) is 1.93. The van der Waals surface area contributed by atoms with Gasteiger partial charge in [0.15, 0.2) is 5.78 Å². The predicted octanol–water partition coefficient (Wildman–Crippen LogP) is 4.30. The minimum absolute atomic E-state index is 0.0454. The molecule has 0 amide bonds. The van der Waals surface area contributed by atoms with E-state index in [2.05, 4.69) is 0 Å². The van der Waals surface area contributed by atoms with Crippen molar-refractivity contribution in [1.29, 1.82) is 5.26 Å². The molecule has 0 aliphatic rings. The zero-order valence-electron chi connectivity index (χ0n) is 11.8. The van der Waals surface area contributed by atoms with E-state index in [0.29, 0.717) is 21.9 Å². The number of carbonyl (C=O) groups excluding carboxylic acids is 1. The number of halogens is 1. The molecular weight excluding hydrogens is 286 g/mol. The molecule has 106 valence electrons. The summed E-state index contributed by atoms with van der Waals surface area (Å²) in [5.41, 5.74) is 2.83. The van der Waals surface area contributed by atoms with E-state index in [-0.39, 0.29) is 12.4 Å². The van der Waals surface area contributed by atoms with Gasteiger partial charge in [0.2, 0.25) is 0 Å². The Morgan fingerprint density at radius 1 is 1.29 bits per heavy atom. The van der Waals surface area contributed by atoms with Crippen LogP contribution in [0.5, 0.6) is 5.75 Å². The number of hydrogen-bond donors (Lipinski definition) is 0. The molecule has 0 N–H and O–H groups in total. The van der Waals surface area contributed by atoms with Gasteiger partial charge in [0.05, 0.1) is 17.2 Å².